The van der Waals surface area contributed by atoms with Crippen molar-refractivity contribution in [2.45, 2.75) is 25.2 Å². The van der Waals surface area contributed by atoms with E-state index < -0.39 is 0 Å². The molecular formula is C19H24N4O3S. The molecule has 0 spiro atoms. The van der Waals surface area contributed by atoms with Crippen molar-refractivity contribution in [3.63, 3.8) is 0 Å². The highest BCUT2D eigenvalue weighted by atomic mass is 32.1. The fourth-order valence-electron chi connectivity index (χ4n) is 2.95. The van der Waals surface area contributed by atoms with E-state index in [4.69, 9.17) is 4.74 Å². The number of carbonyl (C=O) groups is 2. The zero-order valence-corrected chi connectivity index (χ0v) is 16.1. The van der Waals surface area contributed by atoms with Crippen molar-refractivity contribution in [2.24, 2.45) is 0 Å². The molecule has 1 fully saturated rings. The molecule has 0 radical (unpaired) electrons. The first-order valence-corrected chi connectivity index (χ1v) is 9.84. The molecule has 1 aromatic carbocycles. The van der Waals surface area contributed by atoms with E-state index in [0.29, 0.717) is 16.8 Å². The molecule has 0 unspecified atom stereocenters. The number of thiazole rings is 1. The predicted octanol–water partition coefficient (Wildman–Crippen LogP) is 1.92. The number of rotatable bonds is 7. The number of nitrogens with one attached hydrogen (secondary N) is 3. The lowest BCUT2D eigenvalue weighted by Gasteiger charge is -2.20. The van der Waals surface area contributed by atoms with Crippen LogP contribution in [-0.2, 0) is 16.0 Å². The lowest BCUT2D eigenvalue weighted by atomic mass is 9.97. The molecule has 27 heavy (non-hydrogen) atoms. The minimum Gasteiger partial charge on any atom is -0.484 e. The summed E-state index contributed by atoms with van der Waals surface area (Å²) in [4.78, 5) is 29.2. The Bertz CT molecular complexity index is 787. The maximum atomic E-state index is 12.3. The van der Waals surface area contributed by atoms with Gasteiger partial charge < -0.3 is 20.7 Å². The fourth-order valence-corrected chi connectivity index (χ4v) is 3.96. The van der Waals surface area contributed by atoms with Crippen LogP contribution in [0.1, 0.15) is 29.2 Å². The fraction of sp³-hybridized carbons (Fsp3) is 0.421. The Kier molecular flexibility index (Phi) is 6.78. The first-order valence-electron chi connectivity index (χ1n) is 9.02. The van der Waals surface area contributed by atoms with Gasteiger partial charge in [0.25, 0.3) is 5.91 Å². The van der Waals surface area contributed by atoms with E-state index in [9.17, 15) is 9.59 Å². The maximum Gasteiger partial charge on any atom is 0.257 e. The van der Waals surface area contributed by atoms with Gasteiger partial charge in [0.1, 0.15) is 5.75 Å². The number of hydrogen-bond donors (Lipinski definition) is 3. The van der Waals surface area contributed by atoms with Crippen LogP contribution in [0.2, 0.25) is 0 Å². The Morgan fingerprint density at radius 1 is 1.30 bits per heavy atom. The number of piperidine rings is 1. The molecule has 8 heteroatoms. The van der Waals surface area contributed by atoms with Gasteiger partial charge in [0.2, 0.25) is 5.91 Å². The molecule has 2 aromatic rings. The summed E-state index contributed by atoms with van der Waals surface area (Å²) in [7, 11) is 1.56. The van der Waals surface area contributed by atoms with E-state index in [1.807, 2.05) is 12.3 Å². The second-order valence-electron chi connectivity index (χ2n) is 6.43. The number of benzene rings is 1. The summed E-state index contributed by atoms with van der Waals surface area (Å²) < 4.78 is 5.41. The molecule has 1 aliphatic rings. The van der Waals surface area contributed by atoms with E-state index in [-0.39, 0.29) is 24.8 Å². The molecular weight excluding hydrogens is 364 g/mol. The lowest BCUT2D eigenvalue weighted by molar-refractivity contribution is -0.122. The summed E-state index contributed by atoms with van der Waals surface area (Å²) >= 11 is 1.56. The number of carbonyl (C=O) groups excluding carboxylic acids is 2. The van der Waals surface area contributed by atoms with Crippen LogP contribution in [0.25, 0.3) is 0 Å². The topological polar surface area (TPSA) is 92.3 Å². The quantitative estimate of drug-likeness (QED) is 0.674. The van der Waals surface area contributed by atoms with Gasteiger partial charge in [0, 0.05) is 18.1 Å². The molecule has 2 amide bonds. The molecule has 0 bridgehead atoms. The van der Waals surface area contributed by atoms with Crippen LogP contribution in [0.5, 0.6) is 5.75 Å². The van der Waals surface area contributed by atoms with E-state index in [0.717, 1.165) is 31.5 Å². The Balaban J connectivity index is 1.53. The Morgan fingerprint density at radius 3 is 2.89 bits per heavy atom. The van der Waals surface area contributed by atoms with Gasteiger partial charge in [0.05, 0.1) is 6.42 Å². The lowest BCUT2D eigenvalue weighted by Crippen LogP contribution is -2.26. The number of aromatic nitrogens is 1. The first-order chi connectivity index (χ1) is 13.1. The van der Waals surface area contributed by atoms with Gasteiger partial charge >= 0.3 is 0 Å². The standard InChI is InChI=1S/C19H24N4O3S/c1-20-18(25)12-26-15-4-2-3-13(9-15)10-17(24)23-19-22-11-16(27-19)14-5-7-21-8-6-14/h2-4,9,11,14,21H,5-8,10,12H2,1H3,(H,20,25)(H,22,23,24). The van der Waals surface area contributed by atoms with Crippen molar-refractivity contribution in [3.05, 3.63) is 40.9 Å². The summed E-state index contributed by atoms with van der Waals surface area (Å²) in [6.45, 7) is 2.01. The Labute approximate surface area is 162 Å². The van der Waals surface area contributed by atoms with Gasteiger partial charge in [-0.1, -0.05) is 12.1 Å². The summed E-state index contributed by atoms with van der Waals surface area (Å²) in [6.07, 6.45) is 4.32. The van der Waals surface area contributed by atoms with Crippen molar-refractivity contribution in [1.29, 1.82) is 0 Å². The Hall–Kier alpha value is -2.45. The van der Waals surface area contributed by atoms with Crippen LogP contribution in [-0.4, -0.2) is 43.5 Å². The monoisotopic (exact) mass is 388 g/mol. The van der Waals surface area contributed by atoms with Gasteiger partial charge in [-0.2, -0.15) is 0 Å². The summed E-state index contributed by atoms with van der Waals surface area (Å²) in [5.41, 5.74) is 0.817. The minimum atomic E-state index is -0.202. The van der Waals surface area contributed by atoms with Crippen LogP contribution >= 0.6 is 11.3 Å². The minimum absolute atomic E-state index is 0.0509. The van der Waals surface area contributed by atoms with E-state index in [1.54, 1.807) is 36.6 Å². The zero-order chi connectivity index (χ0) is 19.1. The zero-order valence-electron chi connectivity index (χ0n) is 15.3. The van der Waals surface area contributed by atoms with Crippen LogP contribution in [0.15, 0.2) is 30.5 Å². The van der Waals surface area contributed by atoms with Crippen LogP contribution < -0.4 is 20.7 Å². The number of anilines is 1. The van der Waals surface area contributed by atoms with E-state index in [2.05, 4.69) is 20.9 Å². The highest BCUT2D eigenvalue weighted by Gasteiger charge is 2.18. The van der Waals surface area contributed by atoms with Crippen molar-refractivity contribution in [3.8, 4) is 5.75 Å². The highest BCUT2D eigenvalue weighted by molar-refractivity contribution is 7.15. The van der Waals surface area contributed by atoms with Crippen LogP contribution in [0, 0.1) is 0 Å². The molecule has 0 atom stereocenters. The molecule has 1 aliphatic heterocycles. The number of nitrogens with zero attached hydrogens (tertiary/aromatic N) is 1. The largest absolute Gasteiger partial charge is 0.484 e. The molecule has 0 saturated carbocycles. The number of ether oxygens (including phenoxy) is 1. The molecule has 2 heterocycles. The average molecular weight is 388 g/mol. The van der Waals surface area contributed by atoms with Crippen molar-refractivity contribution in [1.82, 2.24) is 15.6 Å². The van der Waals surface area contributed by atoms with Gasteiger partial charge in [0.15, 0.2) is 11.7 Å². The van der Waals surface area contributed by atoms with E-state index >= 15 is 0 Å². The molecule has 1 saturated heterocycles. The second kappa shape index (κ2) is 9.48. The molecule has 7 nitrogen and oxygen atoms in total. The maximum absolute atomic E-state index is 12.3. The normalized spacial score (nSPS) is 14.6. The predicted molar refractivity (Wildman–Crippen MR) is 105 cm³/mol. The molecule has 0 aliphatic carbocycles. The molecule has 3 rings (SSSR count). The summed E-state index contributed by atoms with van der Waals surface area (Å²) in [5, 5.41) is 9.37. The van der Waals surface area contributed by atoms with Crippen LogP contribution in [0.3, 0.4) is 0 Å². The first kappa shape index (κ1) is 19.3. The van der Waals surface area contributed by atoms with Gasteiger partial charge in [-0.25, -0.2) is 4.98 Å². The SMILES string of the molecule is CNC(=O)COc1cccc(CC(=O)Nc2ncc(C3CCNCC3)s2)c1. The van der Waals surface area contributed by atoms with Gasteiger partial charge in [-0.15, -0.1) is 11.3 Å². The van der Waals surface area contributed by atoms with Crippen molar-refractivity contribution < 1.29 is 14.3 Å². The van der Waals surface area contributed by atoms with Crippen molar-refractivity contribution >= 4 is 28.3 Å². The summed E-state index contributed by atoms with van der Waals surface area (Å²) in [6, 6.07) is 7.19. The molecule has 144 valence electrons. The molecule has 1 aromatic heterocycles. The smallest absolute Gasteiger partial charge is 0.257 e. The van der Waals surface area contributed by atoms with Gasteiger partial charge in [-0.3, -0.25) is 9.59 Å². The third-order valence-corrected chi connectivity index (χ3v) is 5.50. The third-order valence-electron chi connectivity index (χ3n) is 4.42. The number of hydrogen-bond acceptors (Lipinski definition) is 6. The van der Waals surface area contributed by atoms with E-state index in [1.165, 1.54) is 4.88 Å². The van der Waals surface area contributed by atoms with Gasteiger partial charge in [-0.05, 0) is 49.5 Å². The second-order valence-corrected chi connectivity index (χ2v) is 7.49. The van der Waals surface area contributed by atoms with Crippen LogP contribution in [0.4, 0.5) is 5.13 Å². The summed E-state index contributed by atoms with van der Waals surface area (Å²) in [5.74, 6) is 0.769. The Morgan fingerprint density at radius 2 is 2.11 bits per heavy atom. The highest BCUT2D eigenvalue weighted by Crippen LogP contribution is 2.31. The molecule has 3 N–H and O–H groups in total. The third kappa shape index (κ3) is 5.77. The average Bonchev–Trinajstić information content (AvgIpc) is 3.15. The number of amides is 2. The number of likely N-dealkylation sites (N-methyl/N-ethyl adjacent to an activating group) is 1. The van der Waals surface area contributed by atoms with Crippen molar-refractivity contribution in [2.75, 3.05) is 32.1 Å².